The third-order valence-electron chi connectivity index (χ3n) is 3.58. The van der Waals surface area contributed by atoms with Crippen LogP contribution in [0.5, 0.6) is 0 Å². The second-order valence-corrected chi connectivity index (χ2v) is 7.71. The van der Waals surface area contributed by atoms with E-state index in [1.807, 2.05) is 6.07 Å². The maximum Gasteiger partial charge on any atom is 0.335 e. The fraction of sp³-hybridized carbons (Fsp3) is 0.133. The number of aromatic carboxylic acids is 1. The molecular formula is C15H12BrNO4S. The van der Waals surface area contributed by atoms with Crippen LogP contribution in [0.3, 0.4) is 0 Å². The zero-order valence-corrected chi connectivity index (χ0v) is 13.8. The van der Waals surface area contributed by atoms with Crippen LogP contribution in [0.15, 0.2) is 51.8 Å². The zero-order chi connectivity index (χ0) is 15.9. The van der Waals surface area contributed by atoms with Gasteiger partial charge >= 0.3 is 5.97 Å². The van der Waals surface area contributed by atoms with E-state index < -0.39 is 16.0 Å². The van der Waals surface area contributed by atoms with Gasteiger partial charge in [0.05, 0.1) is 16.1 Å². The number of hydrogen-bond acceptors (Lipinski definition) is 3. The van der Waals surface area contributed by atoms with Crippen LogP contribution in [0.4, 0.5) is 5.69 Å². The summed E-state index contributed by atoms with van der Waals surface area (Å²) >= 11 is 3.38. The summed E-state index contributed by atoms with van der Waals surface area (Å²) in [6.45, 7) is 0.384. The monoisotopic (exact) mass is 381 g/mol. The minimum absolute atomic E-state index is 0.0599. The van der Waals surface area contributed by atoms with Gasteiger partial charge in [0.1, 0.15) is 0 Å². The molecule has 7 heteroatoms. The molecule has 1 aliphatic heterocycles. The predicted octanol–water partition coefficient (Wildman–Crippen LogP) is 2.90. The van der Waals surface area contributed by atoms with Crippen LogP contribution in [0.25, 0.3) is 0 Å². The highest BCUT2D eigenvalue weighted by molar-refractivity contribution is 9.10. The Balaban J connectivity index is 2.00. The summed E-state index contributed by atoms with van der Waals surface area (Å²) in [6.07, 6.45) is 0.654. The van der Waals surface area contributed by atoms with Gasteiger partial charge in [0.15, 0.2) is 0 Å². The van der Waals surface area contributed by atoms with Gasteiger partial charge in [-0.25, -0.2) is 13.2 Å². The van der Waals surface area contributed by atoms with Crippen molar-refractivity contribution in [3.05, 3.63) is 58.1 Å². The first kappa shape index (κ1) is 15.1. The first-order valence-corrected chi connectivity index (χ1v) is 8.77. The van der Waals surface area contributed by atoms with E-state index in [1.165, 1.54) is 28.6 Å². The number of halogens is 1. The molecule has 0 spiro atoms. The maximum atomic E-state index is 12.7. The number of rotatable bonds is 3. The summed E-state index contributed by atoms with van der Waals surface area (Å²) in [6, 6.07) is 10.8. The molecular weight excluding hydrogens is 370 g/mol. The van der Waals surface area contributed by atoms with Gasteiger partial charge in [-0.2, -0.15) is 0 Å². The largest absolute Gasteiger partial charge is 0.478 e. The first-order chi connectivity index (χ1) is 10.4. The summed E-state index contributed by atoms with van der Waals surface area (Å²) in [5.41, 5.74) is 1.70. The van der Waals surface area contributed by atoms with Crippen LogP contribution in [0.2, 0.25) is 0 Å². The standard InChI is InChI=1S/C15H12BrNO4S/c16-12-3-6-14-11(9-12)7-8-17(14)22(20,21)13-4-1-10(2-5-13)15(18)19/h1-6,9H,7-8H2,(H,18,19). The summed E-state index contributed by atoms with van der Waals surface area (Å²) in [7, 11) is -3.68. The van der Waals surface area contributed by atoms with E-state index in [1.54, 1.807) is 12.1 Å². The van der Waals surface area contributed by atoms with Crippen molar-refractivity contribution in [1.29, 1.82) is 0 Å². The number of carbonyl (C=O) groups is 1. The molecule has 3 rings (SSSR count). The lowest BCUT2D eigenvalue weighted by Gasteiger charge is -2.19. The van der Waals surface area contributed by atoms with Crippen LogP contribution in [-0.2, 0) is 16.4 Å². The molecule has 2 aromatic carbocycles. The fourth-order valence-electron chi connectivity index (χ4n) is 2.49. The molecule has 0 radical (unpaired) electrons. The SMILES string of the molecule is O=C(O)c1ccc(S(=O)(=O)N2CCc3cc(Br)ccc32)cc1. The lowest BCUT2D eigenvalue weighted by Crippen LogP contribution is -2.29. The number of carboxylic acid groups (broad SMARTS) is 1. The molecule has 5 nitrogen and oxygen atoms in total. The second-order valence-electron chi connectivity index (χ2n) is 4.93. The Morgan fingerprint density at radius 3 is 2.45 bits per heavy atom. The van der Waals surface area contributed by atoms with Crippen molar-refractivity contribution in [3.8, 4) is 0 Å². The third-order valence-corrected chi connectivity index (χ3v) is 5.90. The predicted molar refractivity (Wildman–Crippen MR) is 85.8 cm³/mol. The first-order valence-electron chi connectivity index (χ1n) is 6.54. The molecule has 0 aliphatic carbocycles. The highest BCUT2D eigenvalue weighted by atomic mass is 79.9. The average molecular weight is 382 g/mol. The number of carboxylic acids is 1. The van der Waals surface area contributed by atoms with E-state index in [2.05, 4.69) is 15.9 Å². The summed E-state index contributed by atoms with van der Waals surface area (Å²) in [5, 5.41) is 8.88. The number of nitrogens with zero attached hydrogens (tertiary/aromatic N) is 1. The smallest absolute Gasteiger partial charge is 0.335 e. The van der Waals surface area contributed by atoms with E-state index in [0.29, 0.717) is 18.7 Å². The van der Waals surface area contributed by atoms with Gasteiger partial charge in [0, 0.05) is 11.0 Å². The molecule has 0 saturated heterocycles. The van der Waals surface area contributed by atoms with E-state index >= 15 is 0 Å². The Bertz CT molecular complexity index is 846. The molecule has 1 N–H and O–H groups in total. The Morgan fingerprint density at radius 2 is 1.82 bits per heavy atom. The molecule has 1 aliphatic rings. The highest BCUT2D eigenvalue weighted by Gasteiger charge is 2.30. The number of benzene rings is 2. The molecule has 0 atom stereocenters. The van der Waals surface area contributed by atoms with Gasteiger partial charge in [-0.1, -0.05) is 15.9 Å². The number of anilines is 1. The summed E-state index contributed by atoms with van der Waals surface area (Å²) in [5.74, 6) is -1.08. The van der Waals surface area contributed by atoms with Crippen molar-refractivity contribution in [3.63, 3.8) is 0 Å². The van der Waals surface area contributed by atoms with Crippen molar-refractivity contribution >= 4 is 37.6 Å². The summed E-state index contributed by atoms with van der Waals surface area (Å²) < 4.78 is 27.7. The molecule has 0 saturated carbocycles. The van der Waals surface area contributed by atoms with E-state index in [-0.39, 0.29) is 10.5 Å². The van der Waals surface area contributed by atoms with Gasteiger partial charge < -0.3 is 5.11 Å². The van der Waals surface area contributed by atoms with Crippen molar-refractivity contribution in [2.75, 3.05) is 10.8 Å². The molecule has 0 aromatic heterocycles. The van der Waals surface area contributed by atoms with Crippen LogP contribution < -0.4 is 4.31 Å². The van der Waals surface area contributed by atoms with Gasteiger partial charge in [0.25, 0.3) is 10.0 Å². The van der Waals surface area contributed by atoms with Crippen LogP contribution in [0.1, 0.15) is 15.9 Å². The quantitative estimate of drug-likeness (QED) is 0.886. The van der Waals surface area contributed by atoms with Gasteiger partial charge in [-0.05, 0) is 54.4 Å². The van der Waals surface area contributed by atoms with Crippen molar-refractivity contribution < 1.29 is 18.3 Å². The van der Waals surface area contributed by atoms with Crippen LogP contribution >= 0.6 is 15.9 Å². The lowest BCUT2D eigenvalue weighted by molar-refractivity contribution is 0.0697. The van der Waals surface area contributed by atoms with Gasteiger partial charge in [-0.15, -0.1) is 0 Å². The number of fused-ring (bicyclic) bond motifs is 1. The maximum absolute atomic E-state index is 12.7. The molecule has 0 bridgehead atoms. The molecule has 1 heterocycles. The second kappa shape index (κ2) is 5.40. The van der Waals surface area contributed by atoms with Crippen LogP contribution in [-0.4, -0.2) is 26.0 Å². The Kier molecular flexibility index (Phi) is 3.70. The zero-order valence-electron chi connectivity index (χ0n) is 11.4. The highest BCUT2D eigenvalue weighted by Crippen LogP contribution is 2.34. The van der Waals surface area contributed by atoms with E-state index in [9.17, 15) is 13.2 Å². The van der Waals surface area contributed by atoms with E-state index in [4.69, 9.17) is 5.11 Å². The van der Waals surface area contributed by atoms with Crippen molar-refractivity contribution in [1.82, 2.24) is 0 Å². The average Bonchev–Trinajstić information content (AvgIpc) is 2.91. The third kappa shape index (κ3) is 2.50. The van der Waals surface area contributed by atoms with Gasteiger partial charge in [-0.3, -0.25) is 4.31 Å². The topological polar surface area (TPSA) is 74.7 Å². The van der Waals surface area contributed by atoms with Crippen molar-refractivity contribution in [2.24, 2.45) is 0 Å². The summed E-state index contributed by atoms with van der Waals surface area (Å²) in [4.78, 5) is 10.9. The minimum atomic E-state index is -3.68. The Morgan fingerprint density at radius 1 is 1.14 bits per heavy atom. The lowest BCUT2D eigenvalue weighted by atomic mass is 10.2. The molecule has 0 amide bonds. The Labute approximate surface area is 136 Å². The number of sulfonamides is 1. The van der Waals surface area contributed by atoms with Gasteiger partial charge in [0.2, 0.25) is 0 Å². The molecule has 0 fully saturated rings. The molecule has 0 unspecified atom stereocenters. The normalized spacial score (nSPS) is 14.0. The minimum Gasteiger partial charge on any atom is -0.478 e. The Hall–Kier alpha value is -1.86. The molecule has 114 valence electrons. The molecule has 2 aromatic rings. The van der Waals surface area contributed by atoms with E-state index in [0.717, 1.165) is 10.0 Å². The number of hydrogen-bond donors (Lipinski definition) is 1. The van der Waals surface area contributed by atoms with Crippen LogP contribution in [0, 0.1) is 0 Å². The molecule has 22 heavy (non-hydrogen) atoms. The fourth-order valence-corrected chi connectivity index (χ4v) is 4.40. The van der Waals surface area contributed by atoms with Crippen molar-refractivity contribution in [2.45, 2.75) is 11.3 Å².